The van der Waals surface area contributed by atoms with Crippen LogP contribution in [0.25, 0.3) is 0 Å². The summed E-state index contributed by atoms with van der Waals surface area (Å²) in [6.07, 6.45) is 1.25. The molecule has 20 heavy (non-hydrogen) atoms. The first-order valence-electron chi connectivity index (χ1n) is 6.53. The maximum absolute atomic E-state index is 10.00. The monoisotopic (exact) mass is 279 g/mol. The number of likely N-dealkylation sites (N-methyl/N-ethyl adjacent to an activating group) is 1. The van der Waals surface area contributed by atoms with Crippen LogP contribution in [0.4, 0.5) is 0 Å². The number of hydrogen-bond donors (Lipinski definition) is 4. The van der Waals surface area contributed by atoms with Gasteiger partial charge in [0.15, 0.2) is 0 Å². The fourth-order valence-electron chi connectivity index (χ4n) is 1.39. The van der Waals surface area contributed by atoms with E-state index in [1.165, 1.54) is 0 Å². The molecule has 0 spiro atoms. The number of rotatable bonds is 7. The quantitative estimate of drug-likeness (QED) is 0.434. The number of amides is 1. The molecular weight excluding hydrogens is 254 g/mol. The minimum Gasteiger partial charge on any atom is -0.387 e. The molecule has 5 N–H and O–H groups in total. The molecule has 0 heterocycles. The number of carbonyl (C=O) groups excluding carboxylic acids is 1. The highest BCUT2D eigenvalue weighted by atomic mass is 16.3. The number of carbonyl (C=O) groups is 1. The third-order valence-electron chi connectivity index (χ3n) is 2.66. The standard InChI is InChI=1S/C10H15NO.C5H10N2O/c1-8(11-2)10(12)9-6-4-3-5-7-9;1-2-3-7-4-5(6)8/h3-8,10-12H,1-2H3;2,7H,1,3-4H2,(H2,6,8)/t8-,10+;/m0./s1. The van der Waals surface area contributed by atoms with Crippen molar-refractivity contribution in [3.8, 4) is 0 Å². The second-order valence-corrected chi connectivity index (χ2v) is 4.32. The van der Waals surface area contributed by atoms with Gasteiger partial charge in [0.2, 0.25) is 5.91 Å². The highest BCUT2D eigenvalue weighted by molar-refractivity contribution is 5.75. The fourth-order valence-corrected chi connectivity index (χ4v) is 1.39. The summed E-state index contributed by atoms with van der Waals surface area (Å²) in [6.45, 7) is 6.26. The second kappa shape index (κ2) is 11.2. The largest absolute Gasteiger partial charge is 0.387 e. The lowest BCUT2D eigenvalue weighted by atomic mass is 10.0. The van der Waals surface area contributed by atoms with Crippen molar-refractivity contribution in [3.05, 3.63) is 48.6 Å². The summed E-state index contributed by atoms with van der Waals surface area (Å²) in [5.74, 6) is -0.341. The fraction of sp³-hybridized carbons (Fsp3) is 0.400. The van der Waals surface area contributed by atoms with Crippen molar-refractivity contribution >= 4 is 5.91 Å². The molecular formula is C15H25N3O2. The topological polar surface area (TPSA) is 87.4 Å². The van der Waals surface area contributed by atoms with E-state index in [0.717, 1.165) is 5.56 Å². The van der Waals surface area contributed by atoms with Crippen molar-refractivity contribution in [1.29, 1.82) is 0 Å². The summed E-state index contributed by atoms with van der Waals surface area (Å²) in [5, 5.41) is 15.5. The van der Waals surface area contributed by atoms with E-state index in [1.54, 1.807) is 6.08 Å². The van der Waals surface area contributed by atoms with Crippen LogP contribution in [0.2, 0.25) is 0 Å². The lowest BCUT2D eigenvalue weighted by Gasteiger charge is -2.17. The van der Waals surface area contributed by atoms with Crippen LogP contribution in [0.15, 0.2) is 43.0 Å². The number of nitrogens with two attached hydrogens (primary N) is 1. The van der Waals surface area contributed by atoms with E-state index < -0.39 is 6.10 Å². The molecule has 0 aliphatic heterocycles. The molecule has 1 aromatic rings. The summed E-state index contributed by atoms with van der Waals surface area (Å²) < 4.78 is 0. The van der Waals surface area contributed by atoms with Gasteiger partial charge < -0.3 is 21.5 Å². The third-order valence-corrected chi connectivity index (χ3v) is 2.66. The van der Waals surface area contributed by atoms with Crippen LogP contribution in [-0.2, 0) is 4.79 Å². The number of aliphatic hydroxyl groups excluding tert-OH is 1. The predicted molar refractivity (Wildman–Crippen MR) is 82.2 cm³/mol. The van der Waals surface area contributed by atoms with Crippen LogP contribution < -0.4 is 16.4 Å². The minimum atomic E-state index is -0.420. The van der Waals surface area contributed by atoms with Crippen molar-refractivity contribution < 1.29 is 9.90 Å². The normalized spacial score (nSPS) is 12.8. The van der Waals surface area contributed by atoms with Crippen LogP contribution in [0.1, 0.15) is 18.6 Å². The number of nitrogens with one attached hydrogen (secondary N) is 2. The smallest absolute Gasteiger partial charge is 0.231 e. The van der Waals surface area contributed by atoms with Crippen LogP contribution in [0.5, 0.6) is 0 Å². The molecule has 5 heteroatoms. The molecule has 0 fully saturated rings. The van der Waals surface area contributed by atoms with Gasteiger partial charge in [0, 0.05) is 12.6 Å². The van der Waals surface area contributed by atoms with Gasteiger partial charge in [0.05, 0.1) is 12.6 Å². The van der Waals surface area contributed by atoms with Crippen molar-refractivity contribution in [2.75, 3.05) is 20.1 Å². The average Bonchev–Trinajstić information content (AvgIpc) is 2.47. The van der Waals surface area contributed by atoms with Crippen LogP contribution in [-0.4, -0.2) is 37.2 Å². The Hall–Kier alpha value is -1.69. The molecule has 0 saturated carbocycles. The molecule has 112 valence electrons. The number of primary amides is 1. The van der Waals surface area contributed by atoms with Gasteiger partial charge >= 0.3 is 0 Å². The maximum atomic E-state index is 10.00. The van der Waals surface area contributed by atoms with E-state index in [2.05, 4.69) is 17.2 Å². The molecule has 2 atom stereocenters. The average molecular weight is 279 g/mol. The van der Waals surface area contributed by atoms with Gasteiger partial charge in [-0.25, -0.2) is 0 Å². The molecule has 1 aromatic carbocycles. The Labute approximate surface area is 120 Å². The lowest BCUT2D eigenvalue weighted by molar-refractivity contribution is -0.117. The zero-order chi connectivity index (χ0) is 15.4. The lowest BCUT2D eigenvalue weighted by Crippen LogP contribution is -2.28. The Balaban J connectivity index is 0.000000396. The molecule has 1 rings (SSSR count). The summed E-state index contributed by atoms with van der Waals surface area (Å²) >= 11 is 0. The van der Waals surface area contributed by atoms with Gasteiger partial charge in [-0.3, -0.25) is 4.79 Å². The third kappa shape index (κ3) is 8.42. The summed E-state index contributed by atoms with van der Waals surface area (Å²) in [6, 6.07) is 9.76. The SMILES string of the molecule is C=CCNCC(N)=O.CN[C@@H](C)[C@@H](O)c1ccccc1. The highest BCUT2D eigenvalue weighted by Crippen LogP contribution is 2.15. The highest BCUT2D eigenvalue weighted by Gasteiger charge is 2.12. The van der Waals surface area contributed by atoms with Crippen molar-refractivity contribution in [3.63, 3.8) is 0 Å². The first-order chi connectivity index (χ1) is 9.52. The van der Waals surface area contributed by atoms with E-state index in [1.807, 2.05) is 44.3 Å². The Morgan fingerprint density at radius 1 is 1.45 bits per heavy atom. The molecule has 1 amide bonds. The van der Waals surface area contributed by atoms with Crippen LogP contribution >= 0.6 is 0 Å². The molecule has 0 aliphatic carbocycles. The molecule has 5 nitrogen and oxygen atoms in total. The maximum Gasteiger partial charge on any atom is 0.231 e. The van der Waals surface area contributed by atoms with Gasteiger partial charge in [-0.1, -0.05) is 36.4 Å². The van der Waals surface area contributed by atoms with Crippen molar-refractivity contribution in [2.45, 2.75) is 19.1 Å². The zero-order valence-corrected chi connectivity index (χ0v) is 12.2. The molecule has 0 bridgehead atoms. The van der Waals surface area contributed by atoms with E-state index in [4.69, 9.17) is 5.73 Å². The van der Waals surface area contributed by atoms with Gasteiger partial charge in [0.1, 0.15) is 0 Å². The first-order valence-corrected chi connectivity index (χ1v) is 6.53. The molecule has 0 aromatic heterocycles. The number of aliphatic hydroxyl groups is 1. The zero-order valence-electron chi connectivity index (χ0n) is 12.2. The molecule has 0 unspecified atom stereocenters. The Kier molecular flexibility index (Phi) is 10.2. The first kappa shape index (κ1) is 18.3. The van der Waals surface area contributed by atoms with Gasteiger partial charge in [-0.05, 0) is 19.5 Å². The predicted octanol–water partition coefficient (Wildman–Crippen LogP) is 0.575. The van der Waals surface area contributed by atoms with E-state index in [-0.39, 0.29) is 18.5 Å². The van der Waals surface area contributed by atoms with E-state index in [9.17, 15) is 9.90 Å². The molecule has 0 saturated heterocycles. The summed E-state index contributed by atoms with van der Waals surface area (Å²) in [7, 11) is 1.84. The second-order valence-electron chi connectivity index (χ2n) is 4.32. The summed E-state index contributed by atoms with van der Waals surface area (Å²) in [5.41, 5.74) is 5.76. The Morgan fingerprint density at radius 3 is 2.50 bits per heavy atom. The van der Waals surface area contributed by atoms with Crippen molar-refractivity contribution in [2.24, 2.45) is 5.73 Å². The van der Waals surface area contributed by atoms with Gasteiger partial charge in [0.25, 0.3) is 0 Å². The van der Waals surface area contributed by atoms with E-state index in [0.29, 0.717) is 6.54 Å². The number of benzene rings is 1. The minimum absolute atomic E-state index is 0.0902. The molecule has 0 aliphatic rings. The summed E-state index contributed by atoms with van der Waals surface area (Å²) in [4.78, 5) is 10.00. The molecule has 0 radical (unpaired) electrons. The van der Waals surface area contributed by atoms with Gasteiger partial charge in [-0.2, -0.15) is 0 Å². The Bertz CT molecular complexity index is 382. The Morgan fingerprint density at radius 2 is 2.05 bits per heavy atom. The van der Waals surface area contributed by atoms with Gasteiger partial charge in [-0.15, -0.1) is 6.58 Å². The van der Waals surface area contributed by atoms with Crippen molar-refractivity contribution in [1.82, 2.24) is 10.6 Å². The number of hydrogen-bond acceptors (Lipinski definition) is 4. The van der Waals surface area contributed by atoms with E-state index >= 15 is 0 Å². The van der Waals surface area contributed by atoms with Crippen LogP contribution in [0, 0.1) is 0 Å². The van der Waals surface area contributed by atoms with Crippen LogP contribution in [0.3, 0.4) is 0 Å².